The molecule has 0 bridgehead atoms. The highest BCUT2D eigenvalue weighted by atomic mass is 127. The topological polar surface area (TPSA) is 45.7 Å². The van der Waals surface area contributed by atoms with Crippen molar-refractivity contribution in [2.75, 3.05) is 24.5 Å². The summed E-state index contributed by atoms with van der Waals surface area (Å²) in [4.78, 5) is 20.5. The predicted octanol–water partition coefficient (Wildman–Crippen LogP) is 3.79. The molecule has 1 unspecified atom stereocenters. The third-order valence-corrected chi connectivity index (χ3v) is 4.14. The van der Waals surface area contributed by atoms with Crippen LogP contribution in [0.1, 0.15) is 27.7 Å². The van der Waals surface area contributed by atoms with Gasteiger partial charge in [-0.25, -0.2) is 9.78 Å². The number of piperazine rings is 1. The lowest BCUT2D eigenvalue weighted by Gasteiger charge is -2.40. The summed E-state index contributed by atoms with van der Waals surface area (Å²) < 4.78 is 6.51. The second-order valence-corrected chi connectivity index (χ2v) is 8.07. The van der Waals surface area contributed by atoms with E-state index in [1.54, 1.807) is 4.90 Å². The smallest absolute Gasteiger partial charge is 0.410 e. The molecule has 0 aromatic carbocycles. The number of ether oxygens (including phenoxy) is 1. The van der Waals surface area contributed by atoms with Crippen LogP contribution >= 0.6 is 34.2 Å². The van der Waals surface area contributed by atoms with Gasteiger partial charge in [0.15, 0.2) is 0 Å². The first-order chi connectivity index (χ1) is 10.2. The number of pyridine rings is 1. The largest absolute Gasteiger partial charge is 0.444 e. The van der Waals surface area contributed by atoms with Gasteiger partial charge in [0.25, 0.3) is 0 Å². The Morgan fingerprint density at radius 2 is 2.09 bits per heavy atom. The average Bonchev–Trinajstić information content (AvgIpc) is 2.35. The highest BCUT2D eigenvalue weighted by Crippen LogP contribution is 2.23. The molecule has 22 heavy (non-hydrogen) atoms. The quantitative estimate of drug-likeness (QED) is 0.495. The molecule has 1 aliphatic rings. The number of carbonyl (C=O) groups is 1. The van der Waals surface area contributed by atoms with Crippen molar-refractivity contribution in [3.05, 3.63) is 20.9 Å². The van der Waals surface area contributed by atoms with Gasteiger partial charge >= 0.3 is 6.09 Å². The summed E-state index contributed by atoms with van der Waals surface area (Å²) in [5.41, 5.74) is -0.474. The van der Waals surface area contributed by atoms with Crippen molar-refractivity contribution in [2.45, 2.75) is 39.3 Å². The Morgan fingerprint density at radius 3 is 2.64 bits per heavy atom. The molecule has 1 atom stereocenters. The fourth-order valence-electron chi connectivity index (χ4n) is 2.37. The lowest BCUT2D eigenvalue weighted by atomic mass is 10.2. The monoisotopic (exact) mass is 437 g/mol. The molecule has 1 aliphatic heterocycles. The summed E-state index contributed by atoms with van der Waals surface area (Å²) in [6.07, 6.45) is -0.256. The van der Waals surface area contributed by atoms with E-state index in [4.69, 9.17) is 16.3 Å². The van der Waals surface area contributed by atoms with Crippen LogP contribution in [0.25, 0.3) is 0 Å². The van der Waals surface area contributed by atoms with Crippen molar-refractivity contribution in [3.63, 3.8) is 0 Å². The highest BCUT2D eigenvalue weighted by Gasteiger charge is 2.31. The fraction of sp³-hybridized carbons (Fsp3) is 0.600. The zero-order valence-electron chi connectivity index (χ0n) is 13.3. The fourth-order valence-corrected chi connectivity index (χ4v) is 3.33. The number of amides is 1. The van der Waals surface area contributed by atoms with Gasteiger partial charge in [-0.3, -0.25) is 0 Å². The first kappa shape index (κ1) is 17.6. The molecule has 0 aliphatic carbocycles. The minimum Gasteiger partial charge on any atom is -0.444 e. The Balaban J connectivity index is 2.05. The number of halogens is 2. The second-order valence-electron chi connectivity index (χ2n) is 6.44. The Bertz CT molecular complexity index is 542. The maximum Gasteiger partial charge on any atom is 0.410 e. The summed E-state index contributed by atoms with van der Waals surface area (Å²) in [6, 6.07) is 3.89. The van der Waals surface area contributed by atoms with Crippen LogP contribution in [0.2, 0.25) is 5.15 Å². The molecule has 2 rings (SSSR count). The zero-order valence-corrected chi connectivity index (χ0v) is 16.2. The Morgan fingerprint density at radius 1 is 1.41 bits per heavy atom. The molecule has 1 aromatic heterocycles. The maximum atomic E-state index is 12.2. The van der Waals surface area contributed by atoms with Gasteiger partial charge in [-0.2, -0.15) is 0 Å². The van der Waals surface area contributed by atoms with Crippen LogP contribution < -0.4 is 4.90 Å². The van der Waals surface area contributed by atoms with Crippen molar-refractivity contribution in [1.29, 1.82) is 0 Å². The molecule has 7 heteroatoms. The van der Waals surface area contributed by atoms with Gasteiger partial charge in [0.1, 0.15) is 16.6 Å². The number of aromatic nitrogens is 1. The third-order valence-electron chi connectivity index (χ3n) is 3.32. The van der Waals surface area contributed by atoms with Crippen LogP contribution in [-0.2, 0) is 4.74 Å². The lowest BCUT2D eigenvalue weighted by Crippen LogP contribution is -2.55. The maximum absolute atomic E-state index is 12.2. The van der Waals surface area contributed by atoms with Crippen LogP contribution in [-0.4, -0.2) is 47.3 Å². The van der Waals surface area contributed by atoms with Gasteiger partial charge in [0, 0.05) is 29.2 Å². The summed E-state index contributed by atoms with van der Waals surface area (Å²) in [6.45, 7) is 9.69. The van der Waals surface area contributed by atoms with Crippen molar-refractivity contribution in [1.82, 2.24) is 9.88 Å². The molecule has 1 amide bonds. The number of carbonyl (C=O) groups excluding carboxylic acids is 1. The molecule has 0 radical (unpaired) electrons. The minimum atomic E-state index is -0.474. The molecule has 2 heterocycles. The van der Waals surface area contributed by atoms with Gasteiger partial charge in [0.2, 0.25) is 0 Å². The van der Waals surface area contributed by atoms with E-state index in [9.17, 15) is 4.79 Å². The summed E-state index contributed by atoms with van der Waals surface area (Å²) in [7, 11) is 0. The number of anilines is 1. The number of hydrogen-bond donors (Lipinski definition) is 0. The van der Waals surface area contributed by atoms with Crippen molar-refractivity contribution < 1.29 is 9.53 Å². The van der Waals surface area contributed by atoms with E-state index in [1.807, 2.05) is 39.8 Å². The zero-order chi connectivity index (χ0) is 16.5. The van der Waals surface area contributed by atoms with Crippen LogP contribution in [0.4, 0.5) is 10.6 Å². The average molecular weight is 438 g/mol. The molecule has 0 saturated carbocycles. The second kappa shape index (κ2) is 6.78. The summed E-state index contributed by atoms with van der Waals surface area (Å²) >= 11 is 8.26. The molecule has 0 N–H and O–H groups in total. The highest BCUT2D eigenvalue weighted by molar-refractivity contribution is 14.1. The van der Waals surface area contributed by atoms with Gasteiger partial charge in [-0.1, -0.05) is 11.6 Å². The lowest BCUT2D eigenvalue weighted by molar-refractivity contribution is 0.0158. The van der Waals surface area contributed by atoms with Crippen molar-refractivity contribution >= 4 is 46.1 Å². The van der Waals surface area contributed by atoms with Crippen LogP contribution in [0.15, 0.2) is 12.1 Å². The molecule has 5 nitrogen and oxygen atoms in total. The Hall–Kier alpha value is -0.760. The Kier molecular flexibility index (Phi) is 5.42. The van der Waals surface area contributed by atoms with E-state index in [-0.39, 0.29) is 12.1 Å². The molecule has 1 saturated heterocycles. The Labute approximate surface area is 150 Å². The van der Waals surface area contributed by atoms with E-state index in [0.29, 0.717) is 24.8 Å². The number of nitrogens with zero attached hydrogens (tertiary/aromatic N) is 3. The van der Waals surface area contributed by atoms with Gasteiger partial charge in [-0.05, 0) is 62.4 Å². The molecular weight excluding hydrogens is 417 g/mol. The minimum absolute atomic E-state index is 0.0574. The van der Waals surface area contributed by atoms with E-state index in [0.717, 1.165) is 9.39 Å². The first-order valence-electron chi connectivity index (χ1n) is 7.23. The van der Waals surface area contributed by atoms with Crippen LogP contribution in [0.5, 0.6) is 0 Å². The van der Waals surface area contributed by atoms with E-state index < -0.39 is 5.60 Å². The van der Waals surface area contributed by atoms with Crippen molar-refractivity contribution in [3.8, 4) is 0 Å². The SMILES string of the molecule is CC1CN(c2cc(I)cc(Cl)n2)CCN1C(=O)OC(C)(C)C. The van der Waals surface area contributed by atoms with Crippen LogP contribution in [0, 0.1) is 3.57 Å². The predicted molar refractivity (Wildman–Crippen MR) is 96.6 cm³/mol. The molecule has 1 aromatic rings. The van der Waals surface area contributed by atoms with Gasteiger partial charge in [-0.15, -0.1) is 0 Å². The van der Waals surface area contributed by atoms with E-state index in [2.05, 4.69) is 32.5 Å². The summed E-state index contributed by atoms with van der Waals surface area (Å²) in [5.74, 6) is 0.854. The number of rotatable bonds is 1. The van der Waals surface area contributed by atoms with Gasteiger partial charge in [0.05, 0.1) is 0 Å². The molecular formula is C15H21ClIN3O2. The van der Waals surface area contributed by atoms with Crippen LogP contribution in [0.3, 0.4) is 0 Å². The van der Waals surface area contributed by atoms with Gasteiger partial charge < -0.3 is 14.5 Å². The molecule has 122 valence electrons. The standard InChI is InChI=1S/C15H21ClIN3O2/c1-10-9-19(13-8-11(17)7-12(16)18-13)5-6-20(10)14(21)22-15(2,3)4/h7-8,10H,5-6,9H2,1-4H3. The third kappa shape index (κ3) is 4.62. The van der Waals surface area contributed by atoms with E-state index in [1.165, 1.54) is 0 Å². The normalized spacial score (nSPS) is 19.3. The summed E-state index contributed by atoms with van der Waals surface area (Å²) in [5, 5.41) is 0.490. The molecule has 0 spiro atoms. The number of hydrogen-bond acceptors (Lipinski definition) is 4. The molecule has 1 fully saturated rings. The van der Waals surface area contributed by atoms with E-state index >= 15 is 0 Å². The van der Waals surface area contributed by atoms with Crippen molar-refractivity contribution in [2.24, 2.45) is 0 Å². The first-order valence-corrected chi connectivity index (χ1v) is 8.69.